The van der Waals surface area contributed by atoms with Gasteiger partial charge in [-0.3, -0.25) is 4.68 Å². The van der Waals surface area contributed by atoms with Crippen molar-refractivity contribution in [1.82, 2.24) is 9.78 Å². The topological polar surface area (TPSA) is 43.8 Å². The predicted molar refractivity (Wildman–Crippen MR) is 54.9 cm³/mol. The molecule has 0 amide bonds. The predicted octanol–water partition coefficient (Wildman–Crippen LogP) is 1.97. The first-order valence-electron chi connectivity index (χ1n) is 4.54. The minimum absolute atomic E-state index is 0.270. The van der Waals surface area contributed by atoms with Gasteiger partial charge < -0.3 is 5.73 Å². The fourth-order valence-electron chi connectivity index (χ4n) is 1.21. The number of aromatic nitrogens is 2. The van der Waals surface area contributed by atoms with Crippen LogP contribution in [0.25, 0.3) is 0 Å². The molecule has 0 aliphatic heterocycles. The zero-order valence-corrected chi connectivity index (χ0v) is 8.88. The standard InChI is InChI=1S/C9H16ClN3/c1-7(11)4-3-5-13-8(2)9(10)6-12-13/h6-7H,3-5,11H2,1-2H3. The van der Waals surface area contributed by atoms with Crippen LogP contribution in [0.4, 0.5) is 0 Å². The smallest absolute Gasteiger partial charge is 0.0814 e. The first kappa shape index (κ1) is 10.5. The Labute approximate surface area is 83.9 Å². The van der Waals surface area contributed by atoms with E-state index in [0.717, 1.165) is 30.1 Å². The summed E-state index contributed by atoms with van der Waals surface area (Å²) in [6, 6.07) is 0.270. The second kappa shape index (κ2) is 4.63. The summed E-state index contributed by atoms with van der Waals surface area (Å²) in [5.74, 6) is 0. The Morgan fingerprint density at radius 1 is 1.69 bits per heavy atom. The SMILES string of the molecule is Cc1c(Cl)cnn1CCCC(C)N. The van der Waals surface area contributed by atoms with Crippen molar-refractivity contribution in [3.8, 4) is 0 Å². The Hall–Kier alpha value is -0.540. The maximum atomic E-state index is 5.86. The summed E-state index contributed by atoms with van der Waals surface area (Å²) in [6.45, 7) is 4.89. The van der Waals surface area contributed by atoms with Crippen molar-refractivity contribution in [3.05, 3.63) is 16.9 Å². The highest BCUT2D eigenvalue weighted by molar-refractivity contribution is 6.31. The summed E-state index contributed by atoms with van der Waals surface area (Å²) in [5.41, 5.74) is 6.68. The van der Waals surface area contributed by atoms with Crippen LogP contribution in [0, 0.1) is 6.92 Å². The van der Waals surface area contributed by atoms with Crippen LogP contribution in [0.3, 0.4) is 0 Å². The van der Waals surface area contributed by atoms with Crippen molar-refractivity contribution >= 4 is 11.6 Å². The Kier molecular flexibility index (Phi) is 3.75. The van der Waals surface area contributed by atoms with Gasteiger partial charge in [-0.25, -0.2) is 0 Å². The van der Waals surface area contributed by atoms with Gasteiger partial charge in [-0.05, 0) is 26.7 Å². The number of nitrogens with two attached hydrogens (primary N) is 1. The molecular weight excluding hydrogens is 186 g/mol. The van der Waals surface area contributed by atoms with E-state index in [1.807, 2.05) is 18.5 Å². The average Bonchev–Trinajstić information content (AvgIpc) is 2.35. The number of aryl methyl sites for hydroxylation is 1. The monoisotopic (exact) mass is 201 g/mol. The zero-order chi connectivity index (χ0) is 9.84. The van der Waals surface area contributed by atoms with Crippen LogP contribution in [-0.2, 0) is 6.54 Å². The molecule has 0 saturated carbocycles. The minimum atomic E-state index is 0.270. The summed E-state index contributed by atoms with van der Waals surface area (Å²) < 4.78 is 1.92. The van der Waals surface area contributed by atoms with Gasteiger partial charge in [0, 0.05) is 12.6 Å². The highest BCUT2D eigenvalue weighted by atomic mass is 35.5. The summed E-state index contributed by atoms with van der Waals surface area (Å²) in [4.78, 5) is 0. The van der Waals surface area contributed by atoms with Crippen molar-refractivity contribution in [2.75, 3.05) is 0 Å². The molecule has 0 bridgehead atoms. The third-order valence-corrected chi connectivity index (χ3v) is 2.44. The van der Waals surface area contributed by atoms with Crippen molar-refractivity contribution in [2.24, 2.45) is 5.73 Å². The fourth-order valence-corrected chi connectivity index (χ4v) is 1.35. The lowest BCUT2D eigenvalue weighted by Crippen LogP contribution is -2.15. The highest BCUT2D eigenvalue weighted by Gasteiger charge is 2.03. The fraction of sp³-hybridized carbons (Fsp3) is 0.667. The lowest BCUT2D eigenvalue weighted by molar-refractivity contribution is 0.517. The lowest BCUT2D eigenvalue weighted by Gasteiger charge is -2.06. The van der Waals surface area contributed by atoms with Gasteiger partial charge in [0.15, 0.2) is 0 Å². The third kappa shape index (κ3) is 3.01. The highest BCUT2D eigenvalue weighted by Crippen LogP contribution is 2.13. The molecule has 1 atom stereocenters. The Balaban J connectivity index is 2.41. The molecule has 0 spiro atoms. The number of rotatable bonds is 4. The van der Waals surface area contributed by atoms with E-state index in [1.54, 1.807) is 6.20 Å². The summed E-state index contributed by atoms with van der Waals surface area (Å²) in [5, 5.41) is 4.89. The van der Waals surface area contributed by atoms with E-state index in [9.17, 15) is 0 Å². The van der Waals surface area contributed by atoms with E-state index in [-0.39, 0.29) is 6.04 Å². The van der Waals surface area contributed by atoms with Crippen LogP contribution >= 0.6 is 11.6 Å². The van der Waals surface area contributed by atoms with E-state index in [1.165, 1.54) is 0 Å². The molecule has 0 aliphatic carbocycles. The molecule has 13 heavy (non-hydrogen) atoms. The van der Waals surface area contributed by atoms with Crippen LogP contribution in [0.5, 0.6) is 0 Å². The summed E-state index contributed by atoms with van der Waals surface area (Å²) >= 11 is 5.86. The molecule has 0 aliphatic rings. The molecule has 0 fully saturated rings. The average molecular weight is 202 g/mol. The van der Waals surface area contributed by atoms with Gasteiger partial charge in [-0.15, -0.1) is 0 Å². The number of halogens is 1. The number of hydrogen-bond donors (Lipinski definition) is 1. The van der Waals surface area contributed by atoms with Gasteiger partial charge >= 0.3 is 0 Å². The van der Waals surface area contributed by atoms with Gasteiger partial charge in [-0.2, -0.15) is 5.10 Å². The molecule has 74 valence electrons. The number of hydrogen-bond acceptors (Lipinski definition) is 2. The molecule has 1 heterocycles. The van der Waals surface area contributed by atoms with Crippen molar-refractivity contribution in [2.45, 2.75) is 39.3 Å². The first-order valence-corrected chi connectivity index (χ1v) is 4.92. The maximum absolute atomic E-state index is 5.86. The van der Waals surface area contributed by atoms with Crippen molar-refractivity contribution in [3.63, 3.8) is 0 Å². The number of nitrogens with zero attached hydrogens (tertiary/aromatic N) is 2. The molecule has 1 aromatic heterocycles. The van der Waals surface area contributed by atoms with Gasteiger partial charge in [0.25, 0.3) is 0 Å². The Morgan fingerprint density at radius 2 is 2.38 bits per heavy atom. The van der Waals surface area contributed by atoms with Gasteiger partial charge in [0.2, 0.25) is 0 Å². The van der Waals surface area contributed by atoms with E-state index < -0.39 is 0 Å². The first-order chi connectivity index (χ1) is 6.11. The molecule has 0 aromatic carbocycles. The molecule has 1 rings (SSSR count). The molecule has 0 radical (unpaired) electrons. The maximum Gasteiger partial charge on any atom is 0.0814 e. The molecule has 2 N–H and O–H groups in total. The quantitative estimate of drug-likeness (QED) is 0.810. The molecule has 4 heteroatoms. The van der Waals surface area contributed by atoms with E-state index in [0.29, 0.717) is 0 Å². The van der Waals surface area contributed by atoms with Crippen molar-refractivity contribution < 1.29 is 0 Å². The van der Waals surface area contributed by atoms with E-state index in [4.69, 9.17) is 17.3 Å². The van der Waals surface area contributed by atoms with Gasteiger partial charge in [0.05, 0.1) is 16.9 Å². The van der Waals surface area contributed by atoms with Crippen LogP contribution in [0.1, 0.15) is 25.5 Å². The van der Waals surface area contributed by atoms with E-state index >= 15 is 0 Å². The second-order valence-electron chi connectivity index (χ2n) is 3.42. The summed E-state index contributed by atoms with van der Waals surface area (Å²) in [6.07, 6.45) is 3.76. The van der Waals surface area contributed by atoms with Crippen LogP contribution in [0.2, 0.25) is 5.02 Å². The second-order valence-corrected chi connectivity index (χ2v) is 3.83. The molecule has 3 nitrogen and oxygen atoms in total. The van der Waals surface area contributed by atoms with Gasteiger partial charge in [-0.1, -0.05) is 11.6 Å². The van der Waals surface area contributed by atoms with Crippen molar-refractivity contribution in [1.29, 1.82) is 0 Å². The summed E-state index contributed by atoms with van der Waals surface area (Å²) in [7, 11) is 0. The van der Waals surface area contributed by atoms with Crippen LogP contribution in [-0.4, -0.2) is 15.8 Å². The third-order valence-electron chi connectivity index (χ3n) is 2.07. The minimum Gasteiger partial charge on any atom is -0.328 e. The molecule has 0 saturated heterocycles. The van der Waals surface area contributed by atoms with Gasteiger partial charge in [0.1, 0.15) is 0 Å². The van der Waals surface area contributed by atoms with E-state index in [2.05, 4.69) is 5.10 Å². The molecular formula is C9H16ClN3. The lowest BCUT2D eigenvalue weighted by atomic mass is 10.2. The Morgan fingerprint density at radius 3 is 2.85 bits per heavy atom. The largest absolute Gasteiger partial charge is 0.328 e. The van der Waals surface area contributed by atoms with Crippen LogP contribution < -0.4 is 5.73 Å². The molecule has 1 unspecified atom stereocenters. The normalized spacial score (nSPS) is 13.2. The Bertz CT molecular complexity index is 268. The van der Waals surface area contributed by atoms with Crippen LogP contribution in [0.15, 0.2) is 6.20 Å². The zero-order valence-electron chi connectivity index (χ0n) is 8.13. The molecule has 1 aromatic rings.